The smallest absolute Gasteiger partial charge is 0.0698 e. The quantitative estimate of drug-likeness (QED) is 0.668. The summed E-state index contributed by atoms with van der Waals surface area (Å²) in [5.74, 6) is 0.442. The van der Waals surface area contributed by atoms with Crippen LogP contribution in [0.15, 0.2) is 0 Å². The van der Waals surface area contributed by atoms with Crippen molar-refractivity contribution < 1.29 is 9.84 Å². The zero-order valence-corrected chi connectivity index (χ0v) is 8.16. The van der Waals surface area contributed by atoms with E-state index in [0.717, 1.165) is 13.0 Å². The summed E-state index contributed by atoms with van der Waals surface area (Å²) in [6.45, 7) is 3.38. The van der Waals surface area contributed by atoms with Crippen molar-refractivity contribution in [3.63, 3.8) is 0 Å². The topological polar surface area (TPSA) is 32.7 Å². The molecule has 1 heterocycles. The Morgan fingerprint density at radius 2 is 2.33 bits per heavy atom. The number of methoxy groups -OCH3 is 1. The van der Waals surface area contributed by atoms with Gasteiger partial charge in [0, 0.05) is 26.3 Å². The number of aliphatic hydroxyl groups excluding tert-OH is 1. The molecule has 0 spiro atoms. The molecule has 3 atom stereocenters. The van der Waals surface area contributed by atoms with Crippen molar-refractivity contribution in [2.24, 2.45) is 5.92 Å². The van der Waals surface area contributed by atoms with Gasteiger partial charge in [0.15, 0.2) is 0 Å². The Morgan fingerprint density at radius 3 is 2.75 bits per heavy atom. The van der Waals surface area contributed by atoms with Gasteiger partial charge in [0.2, 0.25) is 0 Å². The zero-order chi connectivity index (χ0) is 9.14. The molecule has 1 saturated heterocycles. The van der Waals surface area contributed by atoms with Crippen molar-refractivity contribution >= 4 is 0 Å². The third-order valence-corrected chi connectivity index (χ3v) is 2.86. The van der Waals surface area contributed by atoms with Crippen molar-refractivity contribution in [2.45, 2.75) is 25.5 Å². The van der Waals surface area contributed by atoms with Crippen LogP contribution in [0, 0.1) is 5.92 Å². The van der Waals surface area contributed by atoms with Crippen molar-refractivity contribution in [1.29, 1.82) is 0 Å². The third kappa shape index (κ3) is 1.97. The van der Waals surface area contributed by atoms with Crippen molar-refractivity contribution in [2.75, 3.05) is 27.3 Å². The number of likely N-dealkylation sites (N-methyl/N-ethyl adjacent to an activating group) is 1. The molecule has 1 aliphatic heterocycles. The van der Waals surface area contributed by atoms with Gasteiger partial charge in [-0.3, -0.25) is 0 Å². The van der Waals surface area contributed by atoms with Crippen LogP contribution < -0.4 is 0 Å². The number of hydrogen-bond acceptors (Lipinski definition) is 3. The molecule has 1 rings (SSSR count). The zero-order valence-electron chi connectivity index (χ0n) is 8.16. The molecule has 3 heteroatoms. The van der Waals surface area contributed by atoms with Crippen molar-refractivity contribution in [1.82, 2.24) is 4.90 Å². The van der Waals surface area contributed by atoms with E-state index in [1.54, 1.807) is 7.11 Å². The maximum atomic E-state index is 8.99. The normalized spacial score (nSPS) is 34.0. The van der Waals surface area contributed by atoms with E-state index < -0.39 is 0 Å². The lowest BCUT2D eigenvalue weighted by atomic mass is 10.0. The average molecular weight is 173 g/mol. The number of aliphatic hydroxyl groups is 1. The molecule has 0 saturated carbocycles. The Morgan fingerprint density at radius 1 is 1.67 bits per heavy atom. The molecule has 0 radical (unpaired) electrons. The summed E-state index contributed by atoms with van der Waals surface area (Å²) in [5.41, 5.74) is 0. The van der Waals surface area contributed by atoms with Crippen LogP contribution in [0.5, 0.6) is 0 Å². The predicted molar refractivity (Wildman–Crippen MR) is 48.1 cm³/mol. The summed E-state index contributed by atoms with van der Waals surface area (Å²) in [6.07, 6.45) is 1.33. The number of likely N-dealkylation sites (tertiary alicyclic amines) is 1. The minimum Gasteiger partial charge on any atom is -0.396 e. The van der Waals surface area contributed by atoms with Gasteiger partial charge in [-0.1, -0.05) is 0 Å². The first-order valence-electron chi connectivity index (χ1n) is 4.53. The number of ether oxygens (including phenoxy) is 1. The Labute approximate surface area is 74.3 Å². The highest BCUT2D eigenvalue weighted by Crippen LogP contribution is 2.24. The number of rotatable bonds is 3. The number of hydrogen-bond donors (Lipinski definition) is 1. The van der Waals surface area contributed by atoms with Crippen LogP contribution in [-0.4, -0.2) is 49.5 Å². The largest absolute Gasteiger partial charge is 0.396 e. The summed E-state index contributed by atoms with van der Waals surface area (Å²) in [5, 5.41) is 8.99. The van der Waals surface area contributed by atoms with Crippen LogP contribution in [0.1, 0.15) is 13.3 Å². The van der Waals surface area contributed by atoms with Gasteiger partial charge in [0.1, 0.15) is 0 Å². The highest BCUT2D eigenvalue weighted by atomic mass is 16.5. The summed E-state index contributed by atoms with van der Waals surface area (Å²) in [4.78, 5) is 2.27. The Bertz CT molecular complexity index is 140. The maximum absolute atomic E-state index is 8.99. The van der Waals surface area contributed by atoms with Crippen LogP contribution in [0.4, 0.5) is 0 Å². The minimum atomic E-state index is 0.270. The Kier molecular flexibility index (Phi) is 3.50. The van der Waals surface area contributed by atoms with E-state index in [2.05, 4.69) is 18.9 Å². The van der Waals surface area contributed by atoms with Crippen LogP contribution >= 0.6 is 0 Å². The van der Waals surface area contributed by atoms with Gasteiger partial charge in [0.05, 0.1) is 6.10 Å². The molecule has 0 aromatic carbocycles. The first kappa shape index (κ1) is 9.96. The lowest BCUT2D eigenvalue weighted by Gasteiger charge is -2.24. The molecule has 0 aromatic heterocycles. The standard InChI is InChI=1S/C9H19NO2/c1-7(12-3)9-4-8(6-11)5-10(9)2/h7-9,11H,4-6H2,1-3H3/t7?,8-,9+/m1/s1. The molecule has 0 amide bonds. The fourth-order valence-corrected chi connectivity index (χ4v) is 1.98. The first-order chi connectivity index (χ1) is 5.69. The Balaban J connectivity index is 2.45. The van der Waals surface area contributed by atoms with Gasteiger partial charge in [-0.05, 0) is 26.3 Å². The van der Waals surface area contributed by atoms with Crippen LogP contribution in [0.25, 0.3) is 0 Å². The average Bonchev–Trinajstić information content (AvgIpc) is 2.45. The minimum absolute atomic E-state index is 0.270. The molecule has 3 nitrogen and oxygen atoms in total. The Hall–Kier alpha value is -0.120. The van der Waals surface area contributed by atoms with Gasteiger partial charge in [-0.2, -0.15) is 0 Å². The molecular weight excluding hydrogens is 154 g/mol. The fraction of sp³-hybridized carbons (Fsp3) is 1.00. The monoisotopic (exact) mass is 173 g/mol. The van der Waals surface area contributed by atoms with E-state index in [9.17, 15) is 0 Å². The van der Waals surface area contributed by atoms with Gasteiger partial charge >= 0.3 is 0 Å². The van der Waals surface area contributed by atoms with E-state index in [1.165, 1.54) is 0 Å². The summed E-state index contributed by atoms with van der Waals surface area (Å²) < 4.78 is 5.27. The maximum Gasteiger partial charge on any atom is 0.0698 e. The van der Waals surface area contributed by atoms with Crippen LogP contribution in [-0.2, 0) is 4.74 Å². The molecule has 1 unspecified atom stereocenters. The van der Waals surface area contributed by atoms with Gasteiger partial charge in [-0.15, -0.1) is 0 Å². The van der Waals surface area contributed by atoms with Gasteiger partial charge in [-0.25, -0.2) is 0 Å². The summed E-state index contributed by atoms with van der Waals surface area (Å²) in [6, 6.07) is 0.479. The number of nitrogens with zero attached hydrogens (tertiary/aromatic N) is 1. The third-order valence-electron chi connectivity index (χ3n) is 2.86. The summed E-state index contributed by atoms with van der Waals surface area (Å²) in [7, 11) is 3.83. The molecule has 1 aliphatic rings. The van der Waals surface area contributed by atoms with Gasteiger partial charge < -0.3 is 14.7 Å². The molecule has 0 bridgehead atoms. The highest BCUT2D eigenvalue weighted by Gasteiger charge is 2.32. The molecular formula is C9H19NO2. The fourth-order valence-electron chi connectivity index (χ4n) is 1.98. The second kappa shape index (κ2) is 4.21. The van der Waals surface area contributed by atoms with E-state index in [-0.39, 0.29) is 6.10 Å². The molecule has 0 aromatic rings. The molecule has 1 fully saturated rings. The van der Waals surface area contributed by atoms with E-state index in [1.807, 2.05) is 0 Å². The van der Waals surface area contributed by atoms with Gasteiger partial charge in [0.25, 0.3) is 0 Å². The van der Waals surface area contributed by atoms with E-state index in [0.29, 0.717) is 18.6 Å². The van der Waals surface area contributed by atoms with Crippen molar-refractivity contribution in [3.8, 4) is 0 Å². The highest BCUT2D eigenvalue weighted by molar-refractivity contribution is 4.86. The lowest BCUT2D eigenvalue weighted by Crippen LogP contribution is -2.35. The van der Waals surface area contributed by atoms with Crippen molar-refractivity contribution in [3.05, 3.63) is 0 Å². The second-order valence-electron chi connectivity index (χ2n) is 3.73. The molecule has 72 valence electrons. The van der Waals surface area contributed by atoms with Crippen LogP contribution in [0.3, 0.4) is 0 Å². The van der Waals surface area contributed by atoms with E-state index >= 15 is 0 Å². The molecule has 0 aliphatic carbocycles. The second-order valence-corrected chi connectivity index (χ2v) is 3.73. The van der Waals surface area contributed by atoms with Crippen LogP contribution in [0.2, 0.25) is 0 Å². The first-order valence-corrected chi connectivity index (χ1v) is 4.53. The lowest BCUT2D eigenvalue weighted by molar-refractivity contribution is 0.0529. The predicted octanol–water partition coefficient (Wildman–Crippen LogP) is 0.334. The van der Waals surface area contributed by atoms with E-state index in [4.69, 9.17) is 9.84 Å². The molecule has 1 N–H and O–H groups in total. The molecule has 12 heavy (non-hydrogen) atoms. The summed E-state index contributed by atoms with van der Waals surface area (Å²) >= 11 is 0. The SMILES string of the molecule is COC(C)[C@@H]1C[C@@H](CO)CN1C.